The second kappa shape index (κ2) is 5.85. The first-order chi connectivity index (χ1) is 11.0. The Hall–Kier alpha value is -2.67. The number of rotatable bonds is 3. The molecule has 0 bridgehead atoms. The zero-order valence-electron chi connectivity index (χ0n) is 11.9. The molecule has 0 unspecified atom stereocenters. The minimum atomic E-state index is -0.673. The first-order valence-corrected chi connectivity index (χ1v) is 7.45. The van der Waals surface area contributed by atoms with Gasteiger partial charge in [0, 0.05) is 34.2 Å². The minimum absolute atomic E-state index is 0.00756. The van der Waals surface area contributed by atoms with Crippen molar-refractivity contribution in [2.75, 3.05) is 0 Å². The molecule has 0 saturated heterocycles. The Bertz CT molecular complexity index is 892. The van der Waals surface area contributed by atoms with Crippen LogP contribution in [-0.2, 0) is 0 Å². The molecule has 0 saturated carbocycles. The molecule has 0 aliphatic rings. The van der Waals surface area contributed by atoms with Gasteiger partial charge in [0.15, 0.2) is 0 Å². The fraction of sp³-hybridized carbons (Fsp3) is 0.0625. The second-order valence-corrected chi connectivity index (χ2v) is 6.06. The van der Waals surface area contributed by atoms with E-state index in [4.69, 9.17) is 0 Å². The van der Waals surface area contributed by atoms with E-state index in [1.165, 1.54) is 35.6 Å². The summed E-state index contributed by atoms with van der Waals surface area (Å²) < 4.78 is 26.9. The number of hydrogen-bond donors (Lipinski definition) is 0. The highest BCUT2D eigenvalue weighted by molar-refractivity contribution is 7.15. The van der Waals surface area contributed by atoms with Crippen molar-refractivity contribution < 1.29 is 13.7 Å². The van der Waals surface area contributed by atoms with Crippen LogP contribution in [0.2, 0.25) is 0 Å². The second-order valence-electron chi connectivity index (χ2n) is 4.85. The van der Waals surface area contributed by atoms with Crippen LogP contribution in [0, 0.1) is 28.7 Å². The van der Waals surface area contributed by atoms with E-state index in [1.54, 1.807) is 19.1 Å². The van der Waals surface area contributed by atoms with E-state index in [1.807, 2.05) is 0 Å². The maximum absolute atomic E-state index is 13.9. The van der Waals surface area contributed by atoms with Gasteiger partial charge in [-0.1, -0.05) is 0 Å². The Morgan fingerprint density at radius 3 is 2.43 bits per heavy atom. The summed E-state index contributed by atoms with van der Waals surface area (Å²) in [4.78, 5) is 15.4. The van der Waals surface area contributed by atoms with Crippen LogP contribution in [0.15, 0.2) is 42.5 Å². The molecule has 2 aromatic carbocycles. The van der Waals surface area contributed by atoms with E-state index in [-0.39, 0.29) is 11.3 Å². The van der Waals surface area contributed by atoms with Crippen LogP contribution in [0.4, 0.5) is 14.5 Å². The summed E-state index contributed by atoms with van der Waals surface area (Å²) in [6.07, 6.45) is 0. The summed E-state index contributed by atoms with van der Waals surface area (Å²) >= 11 is 1.35. The summed E-state index contributed by atoms with van der Waals surface area (Å²) in [5.74, 6) is -1.32. The monoisotopic (exact) mass is 332 g/mol. The number of aromatic nitrogens is 1. The zero-order chi connectivity index (χ0) is 16.6. The molecule has 0 N–H and O–H groups in total. The van der Waals surface area contributed by atoms with Crippen molar-refractivity contribution in [2.24, 2.45) is 0 Å². The third kappa shape index (κ3) is 2.95. The van der Waals surface area contributed by atoms with E-state index >= 15 is 0 Å². The predicted molar refractivity (Wildman–Crippen MR) is 84.3 cm³/mol. The number of nitro benzene ring substituents is 1. The smallest absolute Gasteiger partial charge is 0.258 e. The Morgan fingerprint density at radius 2 is 1.83 bits per heavy atom. The van der Waals surface area contributed by atoms with E-state index in [9.17, 15) is 18.9 Å². The minimum Gasteiger partial charge on any atom is -0.258 e. The molecule has 0 amide bonds. The summed E-state index contributed by atoms with van der Waals surface area (Å²) in [5.41, 5.74) is 1.37. The van der Waals surface area contributed by atoms with Gasteiger partial charge in [0.1, 0.15) is 16.6 Å². The molecule has 0 fully saturated rings. The van der Waals surface area contributed by atoms with Gasteiger partial charge < -0.3 is 0 Å². The summed E-state index contributed by atoms with van der Waals surface area (Å²) in [7, 11) is 0. The van der Waals surface area contributed by atoms with Gasteiger partial charge in [-0.15, -0.1) is 11.3 Å². The highest BCUT2D eigenvalue weighted by atomic mass is 32.1. The van der Waals surface area contributed by atoms with Gasteiger partial charge >= 0.3 is 0 Å². The van der Waals surface area contributed by atoms with Crippen molar-refractivity contribution >= 4 is 17.0 Å². The fourth-order valence-electron chi connectivity index (χ4n) is 2.18. The van der Waals surface area contributed by atoms with Gasteiger partial charge in [-0.3, -0.25) is 10.1 Å². The number of aryl methyl sites for hydroxylation is 1. The lowest BCUT2D eigenvalue weighted by Gasteiger charge is -2.01. The van der Waals surface area contributed by atoms with Crippen molar-refractivity contribution in [2.45, 2.75) is 6.92 Å². The van der Waals surface area contributed by atoms with Crippen molar-refractivity contribution in [3.05, 3.63) is 69.1 Å². The van der Waals surface area contributed by atoms with Gasteiger partial charge in [0.25, 0.3) is 5.69 Å². The number of benzene rings is 2. The molecule has 0 spiro atoms. The summed E-state index contributed by atoms with van der Waals surface area (Å²) in [6.45, 7) is 1.80. The molecule has 3 rings (SSSR count). The molecule has 1 heterocycles. The molecule has 0 radical (unpaired) electrons. The molecule has 0 aliphatic carbocycles. The topological polar surface area (TPSA) is 56.0 Å². The fourth-order valence-corrected chi connectivity index (χ4v) is 3.11. The summed E-state index contributed by atoms with van der Waals surface area (Å²) in [5, 5.41) is 11.3. The zero-order valence-corrected chi connectivity index (χ0v) is 12.7. The van der Waals surface area contributed by atoms with Crippen molar-refractivity contribution in [1.82, 2.24) is 4.98 Å². The molecule has 1 aromatic heterocycles. The highest BCUT2D eigenvalue weighted by Crippen LogP contribution is 2.35. The standard InChI is InChI=1S/C16H10F2N2O2S/c1-9-15(13-7-4-11(17)8-14(13)18)19-16(23-9)10-2-5-12(6-3-10)20(21)22/h2-8H,1H3. The molecule has 3 aromatic rings. The van der Waals surface area contributed by atoms with Gasteiger partial charge in [0.2, 0.25) is 0 Å². The predicted octanol–water partition coefficient (Wildman–Crippen LogP) is 4.97. The van der Waals surface area contributed by atoms with Crippen LogP contribution >= 0.6 is 11.3 Å². The first-order valence-electron chi connectivity index (χ1n) is 6.63. The van der Waals surface area contributed by atoms with Crippen LogP contribution in [0.25, 0.3) is 21.8 Å². The number of nitro groups is 1. The Morgan fingerprint density at radius 1 is 1.13 bits per heavy atom. The highest BCUT2D eigenvalue weighted by Gasteiger charge is 2.16. The Labute approximate surface area is 134 Å². The molecule has 4 nitrogen and oxygen atoms in total. The first kappa shape index (κ1) is 15.2. The van der Waals surface area contributed by atoms with Crippen molar-refractivity contribution in [3.8, 4) is 21.8 Å². The number of halogens is 2. The molecular weight excluding hydrogens is 322 g/mol. The van der Waals surface area contributed by atoms with Crippen LogP contribution in [0.5, 0.6) is 0 Å². The van der Waals surface area contributed by atoms with Crippen LogP contribution in [-0.4, -0.2) is 9.91 Å². The molecule has 116 valence electrons. The average Bonchev–Trinajstić information content (AvgIpc) is 2.89. The summed E-state index contributed by atoms with van der Waals surface area (Å²) in [6, 6.07) is 9.34. The van der Waals surface area contributed by atoms with Crippen LogP contribution in [0.1, 0.15) is 4.88 Å². The van der Waals surface area contributed by atoms with Crippen molar-refractivity contribution in [1.29, 1.82) is 0 Å². The van der Waals surface area contributed by atoms with Crippen LogP contribution in [0.3, 0.4) is 0 Å². The maximum atomic E-state index is 13.9. The van der Waals surface area contributed by atoms with Crippen LogP contribution < -0.4 is 0 Å². The number of non-ortho nitro benzene ring substituents is 1. The van der Waals surface area contributed by atoms with E-state index in [2.05, 4.69) is 4.98 Å². The van der Waals surface area contributed by atoms with E-state index in [0.29, 0.717) is 16.3 Å². The third-order valence-corrected chi connectivity index (χ3v) is 4.33. The third-order valence-electron chi connectivity index (χ3n) is 3.31. The molecule has 0 aliphatic heterocycles. The van der Waals surface area contributed by atoms with Gasteiger partial charge in [-0.05, 0) is 31.2 Å². The SMILES string of the molecule is Cc1sc(-c2ccc([N+](=O)[O-])cc2)nc1-c1ccc(F)cc1F. The number of thiazole rings is 1. The van der Waals surface area contributed by atoms with Gasteiger partial charge in [-0.25, -0.2) is 13.8 Å². The lowest BCUT2D eigenvalue weighted by Crippen LogP contribution is -1.89. The Balaban J connectivity index is 2.02. The van der Waals surface area contributed by atoms with Gasteiger partial charge in [-0.2, -0.15) is 0 Å². The quantitative estimate of drug-likeness (QED) is 0.502. The normalized spacial score (nSPS) is 10.7. The number of hydrogen-bond acceptors (Lipinski definition) is 4. The largest absolute Gasteiger partial charge is 0.269 e. The Kier molecular flexibility index (Phi) is 3.87. The number of nitrogens with zero attached hydrogens (tertiary/aromatic N) is 2. The lowest BCUT2D eigenvalue weighted by molar-refractivity contribution is -0.384. The van der Waals surface area contributed by atoms with Gasteiger partial charge in [0.05, 0.1) is 10.6 Å². The van der Waals surface area contributed by atoms with E-state index in [0.717, 1.165) is 10.9 Å². The molecule has 0 atom stereocenters. The molecular formula is C16H10F2N2O2S. The van der Waals surface area contributed by atoms with Crippen molar-refractivity contribution in [3.63, 3.8) is 0 Å². The maximum Gasteiger partial charge on any atom is 0.269 e. The average molecular weight is 332 g/mol. The molecule has 23 heavy (non-hydrogen) atoms. The molecule has 7 heteroatoms. The van der Waals surface area contributed by atoms with E-state index < -0.39 is 16.6 Å². The lowest BCUT2D eigenvalue weighted by atomic mass is 10.1.